The maximum Gasteiger partial charge on any atom is 0.246 e. The number of aromatic nitrogens is 4. The Morgan fingerprint density at radius 3 is 2.76 bits per heavy atom. The molecule has 2 heterocycles. The van der Waals surface area contributed by atoms with Gasteiger partial charge in [0.15, 0.2) is 0 Å². The number of hydrogen-bond acceptors (Lipinski definition) is 8. The summed E-state index contributed by atoms with van der Waals surface area (Å²) < 4.78 is 7.95. The van der Waals surface area contributed by atoms with Crippen molar-refractivity contribution in [1.82, 2.24) is 30.0 Å². The summed E-state index contributed by atoms with van der Waals surface area (Å²) in [6.45, 7) is 6.15. The normalized spacial score (nSPS) is 21.7. The number of amides is 2. The molecule has 4 rings (SSSR count). The largest absolute Gasteiger partial charge is 0.488 e. The van der Waals surface area contributed by atoms with Crippen LogP contribution in [-0.2, 0) is 22.6 Å². The fraction of sp³-hybridized carbons (Fsp3) is 0.667. The van der Waals surface area contributed by atoms with E-state index in [1.807, 2.05) is 13.0 Å². The molecule has 0 unspecified atom stereocenters. The van der Waals surface area contributed by atoms with Crippen LogP contribution in [0.25, 0.3) is 0 Å². The number of carbonyl (C=O) groups excluding carboxylic acids is 2. The van der Waals surface area contributed by atoms with Crippen molar-refractivity contribution in [3.8, 4) is 5.75 Å². The van der Waals surface area contributed by atoms with Gasteiger partial charge < -0.3 is 25.0 Å². The predicted molar refractivity (Wildman–Crippen MR) is 143 cm³/mol. The van der Waals surface area contributed by atoms with Crippen LogP contribution in [0.5, 0.6) is 5.75 Å². The molecule has 0 radical (unpaired) electrons. The smallest absolute Gasteiger partial charge is 0.246 e. The van der Waals surface area contributed by atoms with Crippen LogP contribution in [0.15, 0.2) is 24.5 Å². The average Bonchev–Trinajstić information content (AvgIpc) is 3.41. The number of hydrogen-bond donors (Lipinski definition) is 2. The van der Waals surface area contributed by atoms with Crippen LogP contribution >= 0.6 is 0 Å². The molecule has 11 nitrogen and oxygen atoms in total. The minimum absolute atomic E-state index is 0.0196. The molecule has 1 aliphatic heterocycles. The lowest BCUT2D eigenvalue weighted by molar-refractivity contribution is -0.134. The maximum absolute atomic E-state index is 13.4. The molecule has 1 aromatic carbocycles. The Bertz CT molecular complexity index is 1060. The fourth-order valence-corrected chi connectivity index (χ4v) is 5.52. The van der Waals surface area contributed by atoms with Crippen LogP contribution in [0, 0.1) is 11.8 Å². The molecular formula is C27H41N7O4. The molecule has 1 saturated carbocycles. The Kier molecular flexibility index (Phi) is 9.68. The van der Waals surface area contributed by atoms with Crippen molar-refractivity contribution in [3.63, 3.8) is 0 Å². The molecule has 1 aliphatic carbocycles. The van der Waals surface area contributed by atoms with E-state index in [2.05, 4.69) is 39.7 Å². The number of ether oxygens (including phenoxy) is 1. The van der Waals surface area contributed by atoms with Gasteiger partial charge in [0.05, 0.1) is 19.1 Å². The van der Waals surface area contributed by atoms with E-state index in [9.17, 15) is 14.7 Å². The summed E-state index contributed by atoms with van der Waals surface area (Å²) in [4.78, 5) is 30.0. The Labute approximate surface area is 224 Å². The Hall–Kier alpha value is -3.05. The summed E-state index contributed by atoms with van der Waals surface area (Å²) >= 11 is 0. The summed E-state index contributed by atoms with van der Waals surface area (Å²) in [6, 6.07) is 5.12. The number of benzene rings is 1. The van der Waals surface area contributed by atoms with Gasteiger partial charge in [0.1, 0.15) is 24.7 Å². The van der Waals surface area contributed by atoms with Crippen molar-refractivity contribution in [2.24, 2.45) is 11.8 Å². The number of likely N-dealkylation sites (N-methyl/N-ethyl adjacent to an activating group) is 1. The van der Waals surface area contributed by atoms with Gasteiger partial charge in [-0.25, -0.2) is 4.68 Å². The van der Waals surface area contributed by atoms with Gasteiger partial charge in [-0.15, -0.1) is 5.10 Å². The number of fused-ring (bicyclic) bond motifs is 1. The van der Waals surface area contributed by atoms with E-state index in [1.165, 1.54) is 43.1 Å². The van der Waals surface area contributed by atoms with E-state index in [0.717, 1.165) is 19.0 Å². The molecule has 11 heteroatoms. The lowest BCUT2D eigenvalue weighted by Crippen LogP contribution is -2.48. The molecule has 38 heavy (non-hydrogen) atoms. The SMILES string of the molecule is C[C@H](CO)N1C[C@H](C)[C@@H](CN(C)CC2CCCCC2)Oc2ccc(NC(=O)Cn3cnnn3)cc2CC1=O. The third kappa shape index (κ3) is 7.50. The van der Waals surface area contributed by atoms with E-state index >= 15 is 0 Å². The van der Waals surface area contributed by atoms with Crippen molar-refractivity contribution < 1.29 is 19.4 Å². The summed E-state index contributed by atoms with van der Waals surface area (Å²) in [5.74, 6) is 1.08. The second-order valence-electron chi connectivity index (χ2n) is 11.0. The molecule has 0 spiro atoms. The van der Waals surface area contributed by atoms with Crippen LogP contribution < -0.4 is 10.1 Å². The molecule has 3 atom stereocenters. The molecule has 2 amide bonds. The second kappa shape index (κ2) is 13.1. The number of aliphatic hydroxyl groups excluding tert-OH is 1. The first kappa shape index (κ1) is 28.0. The highest BCUT2D eigenvalue weighted by Crippen LogP contribution is 2.30. The number of anilines is 1. The first-order valence-electron chi connectivity index (χ1n) is 13.7. The predicted octanol–water partition coefficient (Wildman–Crippen LogP) is 1.97. The monoisotopic (exact) mass is 527 g/mol. The molecule has 1 fully saturated rings. The van der Waals surface area contributed by atoms with Gasteiger partial charge in [-0.1, -0.05) is 26.2 Å². The third-order valence-corrected chi connectivity index (χ3v) is 7.68. The number of nitrogens with zero attached hydrogens (tertiary/aromatic N) is 6. The fourth-order valence-electron chi connectivity index (χ4n) is 5.52. The van der Waals surface area contributed by atoms with Crippen LogP contribution in [0.1, 0.15) is 51.5 Å². The van der Waals surface area contributed by atoms with Gasteiger partial charge in [-0.3, -0.25) is 9.59 Å². The van der Waals surface area contributed by atoms with E-state index in [4.69, 9.17) is 4.74 Å². The summed E-state index contributed by atoms with van der Waals surface area (Å²) in [5, 5.41) is 23.5. The molecule has 208 valence electrons. The first-order chi connectivity index (χ1) is 18.3. The molecule has 0 bridgehead atoms. The maximum atomic E-state index is 13.4. The zero-order valence-corrected chi connectivity index (χ0v) is 22.8. The number of rotatable bonds is 9. The van der Waals surface area contributed by atoms with E-state index in [1.54, 1.807) is 17.0 Å². The van der Waals surface area contributed by atoms with E-state index < -0.39 is 0 Å². The molecule has 1 aromatic heterocycles. The molecule has 2 N–H and O–H groups in total. The Morgan fingerprint density at radius 1 is 1.26 bits per heavy atom. The van der Waals surface area contributed by atoms with E-state index in [-0.39, 0.29) is 49.5 Å². The number of nitrogens with one attached hydrogen (secondary N) is 1. The van der Waals surface area contributed by atoms with Gasteiger partial charge in [0.25, 0.3) is 0 Å². The average molecular weight is 528 g/mol. The van der Waals surface area contributed by atoms with Crippen molar-refractivity contribution in [2.45, 2.75) is 71.1 Å². The lowest BCUT2D eigenvalue weighted by atomic mass is 9.89. The lowest BCUT2D eigenvalue weighted by Gasteiger charge is -2.35. The zero-order chi connectivity index (χ0) is 27.1. The van der Waals surface area contributed by atoms with Crippen molar-refractivity contribution in [2.75, 3.05) is 38.6 Å². The van der Waals surface area contributed by atoms with Gasteiger partial charge in [-0.05, 0) is 61.4 Å². The van der Waals surface area contributed by atoms with Crippen LogP contribution in [0.4, 0.5) is 5.69 Å². The number of tetrazole rings is 1. The van der Waals surface area contributed by atoms with Crippen LogP contribution in [-0.4, -0.2) is 92.4 Å². The minimum Gasteiger partial charge on any atom is -0.488 e. The molecule has 0 saturated heterocycles. The number of carbonyl (C=O) groups is 2. The Balaban J connectivity index is 1.53. The summed E-state index contributed by atoms with van der Waals surface area (Å²) in [6.07, 6.45) is 7.89. The first-order valence-corrected chi connectivity index (χ1v) is 13.7. The van der Waals surface area contributed by atoms with Crippen molar-refractivity contribution >= 4 is 17.5 Å². The highest BCUT2D eigenvalue weighted by molar-refractivity contribution is 5.91. The van der Waals surface area contributed by atoms with Crippen LogP contribution in [0.2, 0.25) is 0 Å². The van der Waals surface area contributed by atoms with Gasteiger partial charge in [0.2, 0.25) is 11.8 Å². The zero-order valence-electron chi connectivity index (χ0n) is 22.8. The minimum atomic E-state index is -0.300. The van der Waals surface area contributed by atoms with Crippen molar-refractivity contribution in [1.29, 1.82) is 0 Å². The van der Waals surface area contributed by atoms with Gasteiger partial charge in [0, 0.05) is 36.8 Å². The standard InChI is InChI=1S/C27H41N7O4/c1-19-13-34(20(2)17-35)27(37)12-22-11-23(29-26(36)16-33-18-28-30-31-33)9-10-24(22)38-25(19)15-32(3)14-21-7-5-4-6-8-21/h9-11,18-21,25,35H,4-8,12-17H2,1-3H3,(H,29,36)/t19-,20+,25+/m0/s1. The summed E-state index contributed by atoms with van der Waals surface area (Å²) in [7, 11) is 2.15. The van der Waals surface area contributed by atoms with Gasteiger partial charge >= 0.3 is 0 Å². The second-order valence-corrected chi connectivity index (χ2v) is 11.0. The van der Waals surface area contributed by atoms with Crippen molar-refractivity contribution in [3.05, 3.63) is 30.1 Å². The van der Waals surface area contributed by atoms with E-state index in [0.29, 0.717) is 23.5 Å². The quantitative estimate of drug-likeness (QED) is 0.507. The molecular weight excluding hydrogens is 486 g/mol. The molecule has 2 aromatic rings. The number of aliphatic hydroxyl groups is 1. The highest BCUT2D eigenvalue weighted by Gasteiger charge is 2.31. The molecule has 2 aliphatic rings. The Morgan fingerprint density at radius 2 is 2.05 bits per heavy atom. The van der Waals surface area contributed by atoms with Crippen LogP contribution in [0.3, 0.4) is 0 Å². The highest BCUT2D eigenvalue weighted by atomic mass is 16.5. The summed E-state index contributed by atoms with van der Waals surface area (Å²) in [5.41, 5.74) is 1.28. The topological polar surface area (TPSA) is 126 Å². The third-order valence-electron chi connectivity index (χ3n) is 7.68. The van der Waals surface area contributed by atoms with Gasteiger partial charge in [-0.2, -0.15) is 0 Å².